The van der Waals surface area contributed by atoms with Crippen LogP contribution in [0.4, 0.5) is 14.9 Å². The Morgan fingerprint density at radius 3 is 2.48 bits per heavy atom. The van der Waals surface area contributed by atoms with Crippen molar-refractivity contribution >= 4 is 29.3 Å². The first-order valence-electron chi connectivity index (χ1n) is 14.3. The average Bonchev–Trinajstić information content (AvgIpc) is 2.94. The lowest BCUT2D eigenvalue weighted by molar-refractivity contribution is -0.167. The van der Waals surface area contributed by atoms with Gasteiger partial charge in [0.25, 0.3) is 0 Å². The number of fused-ring (bicyclic) bond motifs is 1. The van der Waals surface area contributed by atoms with E-state index < -0.39 is 12.2 Å². The van der Waals surface area contributed by atoms with E-state index >= 15 is 0 Å². The highest BCUT2D eigenvalue weighted by molar-refractivity contribution is 5.96. The van der Waals surface area contributed by atoms with Crippen LogP contribution >= 0.6 is 0 Å². The van der Waals surface area contributed by atoms with Crippen molar-refractivity contribution < 1.29 is 23.6 Å². The van der Waals surface area contributed by atoms with E-state index in [1.54, 1.807) is 45.0 Å². The van der Waals surface area contributed by atoms with Gasteiger partial charge >= 0.3 is 6.03 Å². The fourth-order valence-electron chi connectivity index (χ4n) is 6.33. The van der Waals surface area contributed by atoms with E-state index in [0.717, 1.165) is 31.2 Å². The maximum Gasteiger partial charge on any atom is 0.323 e. The fraction of sp³-hybridized carbons (Fsp3) is 0.484. The predicted molar refractivity (Wildman–Crippen MR) is 149 cm³/mol. The van der Waals surface area contributed by atoms with Crippen LogP contribution in [0.15, 0.2) is 48.5 Å². The molecule has 2 aromatic carbocycles. The Labute approximate surface area is 234 Å². The molecule has 2 aliphatic heterocycles. The summed E-state index contributed by atoms with van der Waals surface area (Å²) in [6.45, 7) is 2.32. The highest BCUT2D eigenvalue weighted by atomic mass is 19.1. The van der Waals surface area contributed by atoms with Crippen molar-refractivity contribution in [3.8, 4) is 0 Å². The van der Waals surface area contributed by atoms with Crippen LogP contribution in [-0.2, 0) is 16.0 Å². The Kier molecular flexibility index (Phi) is 8.47. The number of anilines is 1. The Balaban J connectivity index is 1.38. The van der Waals surface area contributed by atoms with Gasteiger partial charge in [0.15, 0.2) is 5.78 Å². The summed E-state index contributed by atoms with van der Waals surface area (Å²) in [4.78, 5) is 57.4. The lowest BCUT2D eigenvalue weighted by atomic mass is 9.83. The molecule has 0 bridgehead atoms. The molecular weight excluding hydrogens is 511 g/mol. The van der Waals surface area contributed by atoms with Gasteiger partial charge in [0.05, 0.1) is 6.54 Å². The molecule has 2 aromatic rings. The van der Waals surface area contributed by atoms with Crippen LogP contribution in [-0.4, -0.2) is 70.2 Å². The van der Waals surface area contributed by atoms with Crippen LogP contribution in [0, 0.1) is 11.7 Å². The molecule has 3 fully saturated rings. The minimum atomic E-state index is -0.618. The van der Waals surface area contributed by atoms with Crippen molar-refractivity contribution in [2.45, 2.75) is 70.5 Å². The Morgan fingerprint density at radius 1 is 1.02 bits per heavy atom. The number of carbonyl (C=O) groups excluding carboxylic acids is 4. The minimum absolute atomic E-state index is 0.0581. The highest BCUT2D eigenvalue weighted by Crippen LogP contribution is 2.34. The molecule has 3 aliphatic rings. The average molecular weight is 549 g/mol. The second kappa shape index (κ2) is 12.2. The van der Waals surface area contributed by atoms with Crippen LogP contribution in [0.3, 0.4) is 0 Å². The van der Waals surface area contributed by atoms with Crippen LogP contribution in [0.5, 0.6) is 0 Å². The molecule has 5 rings (SSSR count). The van der Waals surface area contributed by atoms with Crippen molar-refractivity contribution in [1.82, 2.24) is 14.7 Å². The van der Waals surface area contributed by atoms with Crippen molar-refractivity contribution in [3.05, 3.63) is 65.5 Å². The van der Waals surface area contributed by atoms with E-state index in [-0.39, 0.29) is 49.0 Å². The zero-order valence-electron chi connectivity index (χ0n) is 23.0. The molecule has 0 aromatic heterocycles. The molecular formula is C31H37FN4O4. The first-order chi connectivity index (χ1) is 19.3. The maximum atomic E-state index is 13.9. The number of nitrogens with one attached hydrogen (secondary N) is 1. The van der Waals surface area contributed by atoms with Crippen molar-refractivity contribution in [2.24, 2.45) is 5.92 Å². The Bertz CT molecular complexity index is 1260. The molecule has 0 radical (unpaired) electrons. The van der Waals surface area contributed by atoms with Gasteiger partial charge in [0.1, 0.15) is 18.0 Å². The van der Waals surface area contributed by atoms with E-state index in [2.05, 4.69) is 5.32 Å². The Hall–Kier alpha value is -3.75. The number of carbonyl (C=O) groups is 4. The summed E-state index contributed by atoms with van der Waals surface area (Å²) < 4.78 is 13.8. The molecule has 1 aliphatic carbocycles. The van der Waals surface area contributed by atoms with E-state index in [4.69, 9.17) is 0 Å². The van der Waals surface area contributed by atoms with E-state index in [0.29, 0.717) is 36.6 Å². The lowest BCUT2D eigenvalue weighted by Gasteiger charge is -2.52. The molecule has 212 valence electrons. The minimum Gasteiger partial charge on any atom is -0.337 e. The number of hydrogen-bond acceptors (Lipinski definition) is 4. The maximum absolute atomic E-state index is 13.9. The number of hydrogen-bond donors (Lipinski definition) is 1. The quantitative estimate of drug-likeness (QED) is 0.501. The van der Waals surface area contributed by atoms with Gasteiger partial charge in [-0.25, -0.2) is 9.18 Å². The van der Waals surface area contributed by atoms with Gasteiger partial charge in [0.2, 0.25) is 11.8 Å². The summed E-state index contributed by atoms with van der Waals surface area (Å²) in [7, 11) is 0. The topological polar surface area (TPSA) is 90.0 Å². The first-order valence-corrected chi connectivity index (χ1v) is 14.3. The van der Waals surface area contributed by atoms with Crippen LogP contribution in [0.1, 0.15) is 67.8 Å². The van der Waals surface area contributed by atoms with Crippen molar-refractivity contribution in [3.63, 3.8) is 0 Å². The van der Waals surface area contributed by atoms with Crippen molar-refractivity contribution in [2.75, 3.05) is 25.0 Å². The summed E-state index contributed by atoms with van der Waals surface area (Å²) in [5.41, 5.74) is 1.90. The summed E-state index contributed by atoms with van der Waals surface area (Å²) in [6, 6.07) is 12.1. The molecule has 0 spiro atoms. The van der Waals surface area contributed by atoms with Gasteiger partial charge in [-0.2, -0.15) is 0 Å². The molecule has 2 atom stereocenters. The lowest BCUT2D eigenvalue weighted by Crippen LogP contribution is -2.71. The smallest absolute Gasteiger partial charge is 0.323 e. The predicted octanol–water partition coefficient (Wildman–Crippen LogP) is 4.84. The number of ketones is 1. The number of Topliss-reactive ketones (excluding diaryl/α,β-unsaturated/α-hetero) is 1. The highest BCUT2D eigenvalue weighted by Gasteiger charge is 2.49. The molecule has 1 saturated carbocycles. The van der Waals surface area contributed by atoms with Gasteiger partial charge in [-0.3, -0.25) is 14.4 Å². The third-order valence-electron chi connectivity index (χ3n) is 8.50. The summed E-state index contributed by atoms with van der Waals surface area (Å²) in [5, 5.41) is 2.90. The number of amides is 4. The normalized spacial score (nSPS) is 21.8. The number of piperazine rings is 1. The number of rotatable bonds is 7. The van der Waals surface area contributed by atoms with Gasteiger partial charge in [-0.15, -0.1) is 0 Å². The monoisotopic (exact) mass is 548 g/mol. The van der Waals surface area contributed by atoms with Crippen molar-refractivity contribution in [1.29, 1.82) is 0 Å². The first kappa shape index (κ1) is 27.8. The van der Waals surface area contributed by atoms with E-state index in [1.165, 1.54) is 25.5 Å². The van der Waals surface area contributed by atoms with Gasteiger partial charge in [-0.1, -0.05) is 44.2 Å². The molecule has 1 N–H and O–H groups in total. The molecule has 2 heterocycles. The number of benzene rings is 2. The SMILES string of the molecule is CC(=O)c1ccc(NC(=O)N2CCC(=O)N3C(CC4CCCCC4)C(=O)N(CCc4cccc(F)c4)CC23)cc1. The third-order valence-corrected chi connectivity index (χ3v) is 8.50. The fourth-order valence-corrected chi connectivity index (χ4v) is 6.33. The van der Waals surface area contributed by atoms with Crippen LogP contribution < -0.4 is 5.32 Å². The molecule has 9 heteroatoms. The zero-order valence-corrected chi connectivity index (χ0v) is 23.0. The number of halogens is 1. The largest absolute Gasteiger partial charge is 0.337 e. The summed E-state index contributed by atoms with van der Waals surface area (Å²) in [5.74, 6) is -0.200. The molecule has 8 nitrogen and oxygen atoms in total. The molecule has 2 unspecified atom stereocenters. The van der Waals surface area contributed by atoms with E-state index in [9.17, 15) is 23.6 Å². The summed E-state index contributed by atoms with van der Waals surface area (Å²) >= 11 is 0. The van der Waals surface area contributed by atoms with Crippen LogP contribution in [0.2, 0.25) is 0 Å². The van der Waals surface area contributed by atoms with Gasteiger partial charge in [0, 0.05) is 30.8 Å². The Morgan fingerprint density at radius 2 is 1.77 bits per heavy atom. The standard InChI is InChI=1S/C31H37FN4O4/c1-21(37)24-10-12-26(13-11-24)33-31(40)35-17-15-29(38)36-27(19-22-6-3-2-4-7-22)30(39)34(20-28(35)36)16-14-23-8-5-9-25(32)18-23/h5,8-13,18,22,27-28H,2-4,6-7,14-17,19-20H2,1H3,(H,33,40). The second-order valence-corrected chi connectivity index (χ2v) is 11.2. The summed E-state index contributed by atoms with van der Waals surface area (Å²) in [6.07, 6.45) is 6.19. The second-order valence-electron chi connectivity index (χ2n) is 11.2. The number of nitrogens with zero attached hydrogens (tertiary/aromatic N) is 3. The molecule has 4 amide bonds. The van der Waals surface area contributed by atoms with E-state index in [1.807, 2.05) is 6.07 Å². The number of urea groups is 1. The van der Waals surface area contributed by atoms with Crippen LogP contribution in [0.25, 0.3) is 0 Å². The molecule has 40 heavy (non-hydrogen) atoms. The zero-order chi connectivity index (χ0) is 28.2. The molecule has 2 saturated heterocycles. The third kappa shape index (κ3) is 6.18. The van der Waals surface area contributed by atoms with Gasteiger partial charge in [-0.05, 0) is 67.6 Å². The van der Waals surface area contributed by atoms with Gasteiger partial charge < -0.3 is 20.0 Å².